The number of fused-ring (bicyclic) bond motifs is 1. The zero-order valence-electron chi connectivity index (χ0n) is 19.2. The van der Waals surface area contributed by atoms with Crippen LogP contribution in [0.5, 0.6) is 0 Å². The van der Waals surface area contributed by atoms with E-state index in [1.54, 1.807) is 0 Å². The van der Waals surface area contributed by atoms with E-state index in [-0.39, 0.29) is 23.9 Å². The summed E-state index contributed by atoms with van der Waals surface area (Å²) in [5.74, 6) is 1.16. The Morgan fingerprint density at radius 2 is 1.59 bits per heavy atom. The van der Waals surface area contributed by atoms with Crippen LogP contribution in [0.25, 0.3) is 0 Å². The number of pyridine rings is 1. The molecule has 0 bridgehead atoms. The van der Waals surface area contributed by atoms with E-state index in [1.165, 1.54) is 11.1 Å². The molecule has 2 heterocycles. The van der Waals surface area contributed by atoms with Crippen molar-refractivity contribution in [1.29, 1.82) is 0 Å². The fourth-order valence-electron chi connectivity index (χ4n) is 5.79. The van der Waals surface area contributed by atoms with Crippen molar-refractivity contribution in [2.24, 2.45) is 11.8 Å². The summed E-state index contributed by atoms with van der Waals surface area (Å²) in [5.41, 5.74) is 4.49. The molecule has 4 nitrogen and oxygen atoms in total. The van der Waals surface area contributed by atoms with Crippen molar-refractivity contribution < 1.29 is 4.79 Å². The second-order valence-electron chi connectivity index (χ2n) is 9.63. The number of amides is 1. The molecule has 6 heteroatoms. The van der Waals surface area contributed by atoms with Gasteiger partial charge in [-0.05, 0) is 79.6 Å². The molecule has 3 aromatic rings. The lowest BCUT2D eigenvalue weighted by molar-refractivity contribution is -0.125. The van der Waals surface area contributed by atoms with Gasteiger partial charge in [0.1, 0.15) is 0 Å². The van der Waals surface area contributed by atoms with Crippen molar-refractivity contribution in [3.63, 3.8) is 0 Å². The van der Waals surface area contributed by atoms with Crippen LogP contribution >= 0.6 is 23.2 Å². The zero-order valence-corrected chi connectivity index (χ0v) is 20.7. The number of aromatic nitrogens is 1. The van der Waals surface area contributed by atoms with Crippen molar-refractivity contribution in [3.05, 3.63) is 93.7 Å². The predicted molar refractivity (Wildman–Crippen MR) is 139 cm³/mol. The molecule has 2 aromatic carbocycles. The second kappa shape index (κ2) is 9.97. The number of halogens is 2. The van der Waals surface area contributed by atoms with Crippen molar-refractivity contribution in [3.8, 4) is 0 Å². The van der Waals surface area contributed by atoms with Crippen LogP contribution in [0, 0.1) is 18.8 Å². The minimum Gasteiger partial charge on any atom is -0.380 e. The molecule has 2 fully saturated rings. The van der Waals surface area contributed by atoms with Gasteiger partial charge in [-0.25, -0.2) is 0 Å². The van der Waals surface area contributed by atoms with Gasteiger partial charge in [0.15, 0.2) is 0 Å². The lowest BCUT2D eigenvalue weighted by Gasteiger charge is -2.46. The number of anilines is 1. The molecule has 2 aliphatic rings. The molecule has 1 aliphatic heterocycles. The van der Waals surface area contributed by atoms with Gasteiger partial charge in [-0.15, -0.1) is 0 Å². The Morgan fingerprint density at radius 3 is 2.18 bits per heavy atom. The van der Waals surface area contributed by atoms with E-state index in [4.69, 9.17) is 23.2 Å². The predicted octanol–water partition coefficient (Wildman–Crippen LogP) is 6.61. The largest absolute Gasteiger partial charge is 0.380 e. The van der Waals surface area contributed by atoms with Crippen LogP contribution in [0.1, 0.15) is 48.4 Å². The van der Waals surface area contributed by atoms with E-state index in [1.807, 2.05) is 49.5 Å². The highest BCUT2D eigenvalue weighted by atomic mass is 35.5. The van der Waals surface area contributed by atoms with E-state index in [2.05, 4.69) is 39.9 Å². The zero-order chi connectivity index (χ0) is 23.7. The van der Waals surface area contributed by atoms with Crippen LogP contribution in [0.3, 0.4) is 0 Å². The summed E-state index contributed by atoms with van der Waals surface area (Å²) in [7, 11) is 0. The van der Waals surface area contributed by atoms with E-state index in [9.17, 15) is 4.79 Å². The highest BCUT2D eigenvalue weighted by molar-refractivity contribution is 6.30. The number of hydrogen-bond acceptors (Lipinski definition) is 3. The van der Waals surface area contributed by atoms with E-state index in [0.717, 1.165) is 40.7 Å². The van der Waals surface area contributed by atoms with Gasteiger partial charge in [0.05, 0.1) is 11.9 Å². The molecule has 34 heavy (non-hydrogen) atoms. The first-order valence-corrected chi connectivity index (χ1v) is 12.7. The first kappa shape index (κ1) is 23.2. The topological polar surface area (TPSA) is 54.0 Å². The first-order chi connectivity index (χ1) is 16.5. The van der Waals surface area contributed by atoms with Crippen LogP contribution in [-0.2, 0) is 4.79 Å². The third-order valence-corrected chi connectivity index (χ3v) is 7.91. The summed E-state index contributed by atoms with van der Waals surface area (Å²) in [6, 6.07) is 20.8. The molecule has 4 atom stereocenters. The summed E-state index contributed by atoms with van der Waals surface area (Å²) < 4.78 is 0. The van der Waals surface area contributed by atoms with Crippen LogP contribution < -0.4 is 10.6 Å². The summed E-state index contributed by atoms with van der Waals surface area (Å²) in [6.45, 7) is 1.98. The number of rotatable bonds is 5. The Labute approximate surface area is 211 Å². The Kier molecular flexibility index (Phi) is 6.80. The molecular formula is C28H29Cl2N3O. The van der Waals surface area contributed by atoms with Crippen molar-refractivity contribution in [2.75, 3.05) is 5.32 Å². The van der Waals surface area contributed by atoms with Gasteiger partial charge in [-0.1, -0.05) is 47.5 Å². The van der Waals surface area contributed by atoms with Crippen LogP contribution in [-0.4, -0.2) is 23.0 Å². The fraction of sp³-hybridized carbons (Fsp3) is 0.357. The number of nitrogens with zero attached hydrogens (tertiary/aromatic N) is 1. The minimum atomic E-state index is 0.0853. The lowest BCUT2D eigenvalue weighted by atomic mass is 9.65. The standard InChI is InChI=1S/C28H29Cl2N3O/c1-17-2-12-23(16-31-17)32-26-15-27(34)33-25-13-7-20(14-24(25)26)28(18-3-8-21(29)9-4-18)19-5-10-22(30)11-6-19/h2-6,8-12,16,20,24-26,28,32H,7,13-15H2,1H3,(H,33,34). The maximum absolute atomic E-state index is 12.5. The minimum absolute atomic E-state index is 0.0853. The van der Waals surface area contributed by atoms with Gasteiger partial charge < -0.3 is 10.6 Å². The van der Waals surface area contributed by atoms with Gasteiger partial charge in [0.25, 0.3) is 0 Å². The highest BCUT2D eigenvalue weighted by Gasteiger charge is 2.43. The molecule has 0 radical (unpaired) electrons. The van der Waals surface area contributed by atoms with Crippen LogP contribution in [0.15, 0.2) is 66.9 Å². The molecular weight excluding hydrogens is 465 g/mol. The first-order valence-electron chi connectivity index (χ1n) is 12.0. The highest BCUT2D eigenvalue weighted by Crippen LogP contribution is 2.45. The molecule has 1 aliphatic carbocycles. The van der Waals surface area contributed by atoms with Gasteiger partial charge in [0, 0.05) is 46.1 Å². The smallest absolute Gasteiger partial charge is 0.222 e. The Morgan fingerprint density at radius 1 is 0.941 bits per heavy atom. The molecule has 4 unspecified atom stereocenters. The fourth-order valence-corrected chi connectivity index (χ4v) is 6.04. The van der Waals surface area contributed by atoms with Crippen molar-refractivity contribution in [1.82, 2.24) is 10.3 Å². The molecule has 1 saturated carbocycles. The number of hydrogen-bond donors (Lipinski definition) is 2. The maximum atomic E-state index is 12.5. The van der Waals surface area contributed by atoms with Crippen molar-refractivity contribution in [2.45, 2.75) is 50.6 Å². The monoisotopic (exact) mass is 493 g/mol. The Bertz CT molecular complexity index is 1090. The number of nitrogens with one attached hydrogen (secondary N) is 2. The van der Waals surface area contributed by atoms with Crippen molar-refractivity contribution >= 4 is 34.8 Å². The summed E-state index contributed by atoms with van der Waals surface area (Å²) in [5, 5.41) is 8.39. The van der Waals surface area contributed by atoms with E-state index < -0.39 is 0 Å². The summed E-state index contributed by atoms with van der Waals surface area (Å²) in [4.78, 5) is 16.9. The van der Waals surface area contributed by atoms with Gasteiger partial charge >= 0.3 is 0 Å². The normalized spacial score (nSPS) is 24.4. The molecule has 1 aromatic heterocycles. The number of aryl methyl sites for hydroxylation is 1. The SMILES string of the molecule is Cc1ccc(NC2CC(=O)NC3CCC(C(c4ccc(Cl)cc4)c4ccc(Cl)cc4)CC32)cn1. The van der Waals surface area contributed by atoms with Crippen LogP contribution in [0.2, 0.25) is 10.0 Å². The molecule has 176 valence electrons. The average Bonchev–Trinajstić information content (AvgIpc) is 2.83. The maximum Gasteiger partial charge on any atom is 0.222 e. The molecule has 2 N–H and O–H groups in total. The molecule has 1 saturated heterocycles. The number of carbonyl (C=O) groups is 1. The summed E-state index contributed by atoms with van der Waals surface area (Å²) >= 11 is 12.4. The summed E-state index contributed by atoms with van der Waals surface area (Å²) in [6.07, 6.45) is 5.40. The molecule has 1 amide bonds. The third-order valence-electron chi connectivity index (χ3n) is 7.40. The average molecular weight is 494 g/mol. The number of piperidine rings is 1. The van der Waals surface area contributed by atoms with Gasteiger partial charge in [0.2, 0.25) is 5.91 Å². The number of benzene rings is 2. The quantitative estimate of drug-likeness (QED) is 0.420. The van der Waals surface area contributed by atoms with E-state index >= 15 is 0 Å². The Hall–Kier alpha value is -2.56. The Balaban J connectivity index is 1.44. The van der Waals surface area contributed by atoms with Crippen LogP contribution in [0.4, 0.5) is 5.69 Å². The second-order valence-corrected chi connectivity index (χ2v) is 10.5. The van der Waals surface area contributed by atoms with E-state index in [0.29, 0.717) is 18.3 Å². The van der Waals surface area contributed by atoms with Gasteiger partial charge in [-0.3, -0.25) is 9.78 Å². The molecule has 5 rings (SSSR count). The third kappa shape index (κ3) is 5.08. The molecule has 0 spiro atoms. The number of carbonyl (C=O) groups excluding carboxylic acids is 1. The van der Waals surface area contributed by atoms with Gasteiger partial charge in [-0.2, -0.15) is 0 Å². The lowest BCUT2D eigenvalue weighted by Crippen LogP contribution is -2.56.